The van der Waals surface area contributed by atoms with Crippen LogP contribution in [0.4, 0.5) is 0 Å². The van der Waals surface area contributed by atoms with Gasteiger partial charge in [-0.3, -0.25) is 9.69 Å². The van der Waals surface area contributed by atoms with Crippen molar-refractivity contribution in [2.75, 3.05) is 19.6 Å². The van der Waals surface area contributed by atoms with Gasteiger partial charge in [-0.25, -0.2) is 0 Å². The molecule has 1 fully saturated rings. The van der Waals surface area contributed by atoms with Crippen molar-refractivity contribution < 1.29 is 4.79 Å². The lowest BCUT2D eigenvalue weighted by molar-refractivity contribution is -0.116. The summed E-state index contributed by atoms with van der Waals surface area (Å²) < 4.78 is 0. The fourth-order valence-electron chi connectivity index (χ4n) is 3.03. The second-order valence-electron chi connectivity index (χ2n) is 6.34. The Balaban J connectivity index is 1.59. The number of nitrogens with one attached hydrogen (secondary N) is 1. The van der Waals surface area contributed by atoms with Crippen LogP contribution in [0.5, 0.6) is 0 Å². The number of likely N-dealkylation sites (tertiary alicyclic amines) is 1. The molecule has 1 N–H and O–H groups in total. The molecule has 0 saturated carbocycles. The van der Waals surface area contributed by atoms with Crippen molar-refractivity contribution in [1.82, 2.24) is 10.2 Å². The lowest BCUT2D eigenvalue weighted by Gasteiger charge is -2.36. The minimum absolute atomic E-state index is 0.0182. The average molecular weight is 361 g/mol. The van der Waals surface area contributed by atoms with Gasteiger partial charge in [0.1, 0.15) is 0 Å². The number of carbonyl (C=O) groups excluding carboxylic acids is 1. The van der Waals surface area contributed by atoms with Crippen molar-refractivity contribution >= 4 is 34.7 Å². The SMILES string of the molecule is CC1CCN(C(CNC(=O)/C=C/c2cccs2)c2cccs2)CC1. The third kappa shape index (κ3) is 4.79. The summed E-state index contributed by atoms with van der Waals surface area (Å²) in [5, 5.41) is 7.22. The molecule has 1 atom stereocenters. The smallest absolute Gasteiger partial charge is 0.244 e. The fraction of sp³-hybridized carbons (Fsp3) is 0.421. The molecular formula is C19H24N2OS2. The topological polar surface area (TPSA) is 32.3 Å². The second kappa shape index (κ2) is 8.60. The van der Waals surface area contributed by atoms with Gasteiger partial charge in [-0.2, -0.15) is 0 Å². The largest absolute Gasteiger partial charge is 0.351 e. The number of thiophene rings is 2. The molecule has 1 saturated heterocycles. The maximum absolute atomic E-state index is 12.1. The third-order valence-corrected chi connectivity index (χ3v) is 6.35. The zero-order valence-electron chi connectivity index (χ0n) is 14.0. The van der Waals surface area contributed by atoms with E-state index in [1.165, 1.54) is 17.7 Å². The van der Waals surface area contributed by atoms with Gasteiger partial charge >= 0.3 is 0 Å². The first kappa shape index (κ1) is 17.4. The van der Waals surface area contributed by atoms with Gasteiger partial charge < -0.3 is 5.32 Å². The molecule has 2 aromatic rings. The molecular weight excluding hydrogens is 336 g/mol. The number of rotatable bonds is 6. The summed E-state index contributed by atoms with van der Waals surface area (Å²) in [6.07, 6.45) is 6.00. The van der Waals surface area contributed by atoms with Gasteiger partial charge in [0.15, 0.2) is 0 Å². The lowest BCUT2D eigenvalue weighted by atomic mass is 9.97. The van der Waals surface area contributed by atoms with Gasteiger partial charge in [0.2, 0.25) is 5.91 Å². The Hall–Kier alpha value is -1.43. The molecule has 1 amide bonds. The second-order valence-corrected chi connectivity index (χ2v) is 8.30. The van der Waals surface area contributed by atoms with E-state index < -0.39 is 0 Å². The van der Waals surface area contributed by atoms with E-state index in [2.05, 4.69) is 34.7 Å². The highest BCUT2D eigenvalue weighted by Gasteiger charge is 2.25. The Bertz CT molecular complexity index is 641. The number of carbonyl (C=O) groups is 1. The zero-order chi connectivity index (χ0) is 16.8. The molecule has 0 spiro atoms. The predicted molar refractivity (Wildman–Crippen MR) is 103 cm³/mol. The summed E-state index contributed by atoms with van der Waals surface area (Å²) in [4.78, 5) is 17.1. The third-order valence-electron chi connectivity index (χ3n) is 4.54. The Morgan fingerprint density at radius 2 is 2.04 bits per heavy atom. The monoisotopic (exact) mass is 360 g/mol. The maximum atomic E-state index is 12.1. The van der Waals surface area contributed by atoms with Crippen LogP contribution in [0.3, 0.4) is 0 Å². The van der Waals surface area contributed by atoms with E-state index in [0.29, 0.717) is 6.54 Å². The molecule has 3 heterocycles. The van der Waals surface area contributed by atoms with Crippen molar-refractivity contribution in [3.63, 3.8) is 0 Å². The van der Waals surface area contributed by atoms with Crippen molar-refractivity contribution in [1.29, 1.82) is 0 Å². The minimum Gasteiger partial charge on any atom is -0.351 e. The fourth-order valence-corrected chi connectivity index (χ4v) is 4.51. The molecule has 0 bridgehead atoms. The number of amides is 1. The van der Waals surface area contributed by atoms with Crippen LogP contribution in [0.25, 0.3) is 6.08 Å². The van der Waals surface area contributed by atoms with E-state index in [9.17, 15) is 4.79 Å². The zero-order valence-corrected chi connectivity index (χ0v) is 15.6. The van der Waals surface area contributed by atoms with E-state index in [0.717, 1.165) is 23.9 Å². The highest BCUT2D eigenvalue weighted by atomic mass is 32.1. The average Bonchev–Trinajstić information content (AvgIpc) is 3.28. The quantitative estimate of drug-likeness (QED) is 0.774. The van der Waals surface area contributed by atoms with Crippen molar-refractivity contribution in [2.45, 2.75) is 25.8 Å². The van der Waals surface area contributed by atoms with Crippen molar-refractivity contribution in [3.8, 4) is 0 Å². The van der Waals surface area contributed by atoms with Crippen LogP contribution in [0.2, 0.25) is 0 Å². The first-order valence-corrected chi connectivity index (χ1v) is 10.2. The molecule has 5 heteroatoms. The summed E-state index contributed by atoms with van der Waals surface area (Å²) in [7, 11) is 0. The Labute approximate surface area is 152 Å². The van der Waals surface area contributed by atoms with Gasteiger partial charge in [-0.1, -0.05) is 19.1 Å². The first-order chi connectivity index (χ1) is 11.7. The van der Waals surface area contributed by atoms with Gasteiger partial charge in [0.05, 0.1) is 6.04 Å². The molecule has 1 aliphatic rings. The van der Waals surface area contributed by atoms with E-state index in [-0.39, 0.29) is 11.9 Å². The summed E-state index contributed by atoms with van der Waals surface area (Å²) in [5.74, 6) is 0.795. The minimum atomic E-state index is -0.0182. The van der Waals surface area contributed by atoms with Crippen LogP contribution >= 0.6 is 22.7 Å². The number of hydrogen-bond acceptors (Lipinski definition) is 4. The molecule has 0 aromatic carbocycles. The normalized spacial score (nSPS) is 18.0. The predicted octanol–water partition coefficient (Wildman–Crippen LogP) is 4.41. The number of nitrogens with zero attached hydrogens (tertiary/aromatic N) is 1. The standard InChI is InChI=1S/C19H24N2OS2/c1-15-8-10-21(11-9-15)17(18-5-3-13-24-18)14-20-19(22)7-6-16-4-2-12-23-16/h2-7,12-13,15,17H,8-11,14H2,1H3,(H,20,22)/b7-6+. The Morgan fingerprint density at radius 1 is 1.29 bits per heavy atom. The molecule has 1 unspecified atom stereocenters. The van der Waals surface area contributed by atoms with Gasteiger partial charge in [-0.15, -0.1) is 22.7 Å². The van der Waals surface area contributed by atoms with Crippen LogP contribution in [0.15, 0.2) is 41.1 Å². The highest BCUT2D eigenvalue weighted by Crippen LogP contribution is 2.29. The molecule has 3 rings (SSSR count). The lowest BCUT2D eigenvalue weighted by Crippen LogP contribution is -2.41. The molecule has 3 nitrogen and oxygen atoms in total. The molecule has 24 heavy (non-hydrogen) atoms. The summed E-state index contributed by atoms with van der Waals surface area (Å²) in [6.45, 7) is 5.23. The number of hydrogen-bond donors (Lipinski definition) is 1. The van der Waals surface area contributed by atoms with Gasteiger partial charge in [-0.05, 0) is 60.8 Å². The number of piperidine rings is 1. The maximum Gasteiger partial charge on any atom is 0.244 e. The van der Waals surface area contributed by atoms with Gasteiger partial charge in [0, 0.05) is 22.4 Å². The van der Waals surface area contributed by atoms with Crippen LogP contribution in [0, 0.1) is 5.92 Å². The van der Waals surface area contributed by atoms with E-state index >= 15 is 0 Å². The summed E-state index contributed by atoms with van der Waals surface area (Å²) in [6, 6.07) is 8.57. The molecule has 0 radical (unpaired) electrons. The van der Waals surface area contributed by atoms with Crippen molar-refractivity contribution in [2.24, 2.45) is 5.92 Å². The first-order valence-electron chi connectivity index (χ1n) is 8.49. The van der Waals surface area contributed by atoms with Crippen LogP contribution in [-0.2, 0) is 4.79 Å². The van der Waals surface area contributed by atoms with Crippen molar-refractivity contribution in [3.05, 3.63) is 50.9 Å². The van der Waals surface area contributed by atoms with E-state index in [4.69, 9.17) is 0 Å². The highest BCUT2D eigenvalue weighted by molar-refractivity contribution is 7.10. The summed E-state index contributed by atoms with van der Waals surface area (Å²) >= 11 is 3.42. The Kier molecular flexibility index (Phi) is 6.24. The van der Waals surface area contributed by atoms with E-state index in [1.54, 1.807) is 28.7 Å². The van der Waals surface area contributed by atoms with E-state index in [1.807, 2.05) is 23.6 Å². The molecule has 0 aliphatic carbocycles. The van der Waals surface area contributed by atoms with Crippen LogP contribution in [0.1, 0.15) is 35.6 Å². The van der Waals surface area contributed by atoms with Gasteiger partial charge in [0.25, 0.3) is 0 Å². The summed E-state index contributed by atoms with van der Waals surface area (Å²) in [5.41, 5.74) is 0. The van der Waals surface area contributed by atoms with Crippen LogP contribution < -0.4 is 5.32 Å². The molecule has 1 aliphatic heterocycles. The molecule has 2 aromatic heterocycles. The molecule has 128 valence electrons. The Morgan fingerprint density at radius 3 is 2.71 bits per heavy atom. The van der Waals surface area contributed by atoms with Crippen LogP contribution in [-0.4, -0.2) is 30.4 Å².